The summed E-state index contributed by atoms with van der Waals surface area (Å²) >= 11 is 1.21. The predicted octanol–water partition coefficient (Wildman–Crippen LogP) is 5.01. The maximum atomic E-state index is 13.5. The number of fused-ring (bicyclic) bond motifs is 1. The molecule has 1 amide bonds. The van der Waals surface area contributed by atoms with Crippen molar-refractivity contribution in [1.29, 1.82) is 0 Å². The first kappa shape index (κ1) is 20.9. The van der Waals surface area contributed by atoms with Crippen molar-refractivity contribution in [1.82, 2.24) is 9.97 Å². The van der Waals surface area contributed by atoms with Crippen LogP contribution in [0.4, 0.5) is 5.13 Å². The molecule has 0 saturated heterocycles. The summed E-state index contributed by atoms with van der Waals surface area (Å²) < 4.78 is 5.12. The third-order valence-electron chi connectivity index (χ3n) is 4.58. The van der Waals surface area contributed by atoms with Crippen LogP contribution in [0.5, 0.6) is 0 Å². The first-order valence-electron chi connectivity index (χ1n) is 9.87. The molecule has 0 saturated carbocycles. The topological polar surface area (TPSA) is 72.4 Å². The van der Waals surface area contributed by atoms with Gasteiger partial charge in [-0.2, -0.15) is 0 Å². The van der Waals surface area contributed by atoms with Crippen LogP contribution in [0.25, 0.3) is 10.9 Å². The molecule has 3 aromatic rings. The van der Waals surface area contributed by atoms with Crippen molar-refractivity contribution >= 4 is 39.2 Å². The number of benzene rings is 1. The number of hydrogen-bond acceptors (Lipinski definition) is 6. The summed E-state index contributed by atoms with van der Waals surface area (Å²) in [5.74, 6) is -0.534. The molecule has 2 heterocycles. The van der Waals surface area contributed by atoms with Gasteiger partial charge in [0.25, 0.3) is 5.91 Å². The van der Waals surface area contributed by atoms with E-state index in [1.54, 1.807) is 24.9 Å². The SMILES string of the molecule is CCCCCN(C(=O)c1cccc2ncccc12)c1nc(C)c(C(=O)OCC)s1. The van der Waals surface area contributed by atoms with Gasteiger partial charge in [-0.15, -0.1) is 0 Å². The molecule has 152 valence electrons. The van der Waals surface area contributed by atoms with Crippen molar-refractivity contribution in [3.63, 3.8) is 0 Å². The number of unbranched alkanes of at least 4 members (excludes halogenated alkanes) is 2. The third kappa shape index (κ3) is 4.62. The maximum absolute atomic E-state index is 13.5. The lowest BCUT2D eigenvalue weighted by atomic mass is 10.1. The van der Waals surface area contributed by atoms with Gasteiger partial charge >= 0.3 is 5.97 Å². The van der Waals surface area contributed by atoms with Gasteiger partial charge in [0.05, 0.1) is 17.8 Å². The number of carbonyl (C=O) groups excluding carboxylic acids is 2. The van der Waals surface area contributed by atoms with Crippen LogP contribution in [0.3, 0.4) is 0 Å². The number of hydrogen-bond donors (Lipinski definition) is 0. The molecular formula is C22H25N3O3S. The first-order chi connectivity index (χ1) is 14.1. The molecule has 0 bridgehead atoms. The second kappa shape index (κ2) is 9.60. The van der Waals surface area contributed by atoms with Gasteiger partial charge in [0.1, 0.15) is 4.88 Å². The molecule has 0 spiro atoms. The van der Waals surface area contributed by atoms with E-state index in [2.05, 4.69) is 16.9 Å². The minimum absolute atomic E-state index is 0.135. The number of esters is 1. The number of pyridine rings is 1. The largest absolute Gasteiger partial charge is 0.462 e. The monoisotopic (exact) mass is 411 g/mol. The lowest BCUT2D eigenvalue weighted by Crippen LogP contribution is -2.32. The average molecular weight is 412 g/mol. The summed E-state index contributed by atoms with van der Waals surface area (Å²) in [7, 11) is 0. The number of amides is 1. The van der Waals surface area contributed by atoms with E-state index >= 15 is 0 Å². The highest BCUT2D eigenvalue weighted by atomic mass is 32.1. The van der Waals surface area contributed by atoms with E-state index in [9.17, 15) is 9.59 Å². The molecule has 3 rings (SSSR count). The van der Waals surface area contributed by atoms with E-state index in [1.165, 1.54) is 11.3 Å². The van der Waals surface area contributed by atoms with Crippen LogP contribution < -0.4 is 4.90 Å². The molecule has 2 aromatic heterocycles. The van der Waals surface area contributed by atoms with Crippen LogP contribution >= 0.6 is 11.3 Å². The van der Waals surface area contributed by atoms with Gasteiger partial charge in [-0.3, -0.25) is 14.7 Å². The Morgan fingerprint density at radius 1 is 1.14 bits per heavy atom. The van der Waals surface area contributed by atoms with Gasteiger partial charge in [-0.25, -0.2) is 9.78 Å². The van der Waals surface area contributed by atoms with Crippen molar-refractivity contribution in [2.24, 2.45) is 0 Å². The van der Waals surface area contributed by atoms with Crippen molar-refractivity contribution in [3.05, 3.63) is 52.7 Å². The molecule has 0 aliphatic carbocycles. The lowest BCUT2D eigenvalue weighted by molar-refractivity contribution is 0.0531. The fourth-order valence-electron chi connectivity index (χ4n) is 3.12. The third-order valence-corrected chi connectivity index (χ3v) is 5.74. The molecule has 6 nitrogen and oxygen atoms in total. The zero-order chi connectivity index (χ0) is 20.8. The Bertz CT molecular complexity index is 1010. The molecule has 0 atom stereocenters. The fraction of sp³-hybridized carbons (Fsp3) is 0.364. The number of aromatic nitrogens is 2. The molecule has 7 heteroatoms. The highest BCUT2D eigenvalue weighted by Gasteiger charge is 2.25. The summed E-state index contributed by atoms with van der Waals surface area (Å²) in [5, 5.41) is 1.33. The molecule has 0 unspecified atom stereocenters. The van der Waals surface area contributed by atoms with Gasteiger partial charge in [0, 0.05) is 23.7 Å². The summed E-state index contributed by atoms with van der Waals surface area (Å²) in [6, 6.07) is 9.26. The van der Waals surface area contributed by atoms with E-state index < -0.39 is 5.97 Å². The number of nitrogens with zero attached hydrogens (tertiary/aromatic N) is 3. The zero-order valence-corrected chi connectivity index (χ0v) is 17.8. The Morgan fingerprint density at radius 2 is 1.97 bits per heavy atom. The van der Waals surface area contributed by atoms with E-state index in [4.69, 9.17) is 4.74 Å². The molecule has 1 aromatic carbocycles. The van der Waals surface area contributed by atoms with Crippen molar-refractivity contribution < 1.29 is 14.3 Å². The highest BCUT2D eigenvalue weighted by Crippen LogP contribution is 2.29. The quantitative estimate of drug-likeness (QED) is 0.385. The summed E-state index contributed by atoms with van der Waals surface area (Å²) in [5.41, 5.74) is 1.93. The Hall–Kier alpha value is -2.80. The number of ether oxygens (including phenoxy) is 1. The second-order valence-corrected chi connectivity index (χ2v) is 7.65. The Labute approximate surface area is 174 Å². The van der Waals surface area contributed by atoms with Gasteiger partial charge in [0.2, 0.25) is 0 Å². The van der Waals surface area contributed by atoms with E-state index in [0.29, 0.717) is 34.4 Å². The van der Waals surface area contributed by atoms with Crippen molar-refractivity contribution in [2.45, 2.75) is 40.0 Å². The number of thiazole rings is 1. The number of aryl methyl sites for hydroxylation is 1. The highest BCUT2D eigenvalue weighted by molar-refractivity contribution is 7.17. The molecular weight excluding hydrogens is 386 g/mol. The van der Waals surface area contributed by atoms with Crippen LogP contribution in [0.2, 0.25) is 0 Å². The van der Waals surface area contributed by atoms with E-state index in [0.717, 1.165) is 30.2 Å². The van der Waals surface area contributed by atoms with Gasteiger partial charge in [-0.1, -0.05) is 43.2 Å². The Morgan fingerprint density at radius 3 is 2.72 bits per heavy atom. The molecule has 0 radical (unpaired) electrons. The lowest BCUT2D eigenvalue weighted by Gasteiger charge is -2.20. The fourth-order valence-corrected chi connectivity index (χ4v) is 4.11. The summed E-state index contributed by atoms with van der Waals surface area (Å²) in [6.07, 6.45) is 4.63. The smallest absolute Gasteiger partial charge is 0.350 e. The predicted molar refractivity (Wildman–Crippen MR) is 116 cm³/mol. The second-order valence-electron chi connectivity index (χ2n) is 6.67. The van der Waals surface area contributed by atoms with Crippen LogP contribution in [0.15, 0.2) is 36.5 Å². The van der Waals surface area contributed by atoms with Crippen molar-refractivity contribution in [2.75, 3.05) is 18.1 Å². The zero-order valence-electron chi connectivity index (χ0n) is 17.0. The van der Waals surface area contributed by atoms with E-state index in [1.807, 2.05) is 30.3 Å². The number of carbonyl (C=O) groups is 2. The van der Waals surface area contributed by atoms with Gasteiger partial charge in [-0.05, 0) is 38.5 Å². The molecule has 0 fully saturated rings. The van der Waals surface area contributed by atoms with E-state index in [-0.39, 0.29) is 5.91 Å². The number of rotatable bonds is 8. The maximum Gasteiger partial charge on any atom is 0.350 e. The molecule has 0 aliphatic rings. The standard InChI is InChI=1S/C22H25N3O3S/c1-4-6-7-14-25(22-24-15(3)19(29-22)21(27)28-5-2)20(26)17-10-8-12-18-16(17)11-9-13-23-18/h8-13H,4-7,14H2,1-3H3. The Kier molecular flexibility index (Phi) is 6.93. The van der Waals surface area contributed by atoms with Crippen LogP contribution in [-0.4, -0.2) is 35.0 Å². The van der Waals surface area contributed by atoms with Gasteiger partial charge in [0.15, 0.2) is 5.13 Å². The summed E-state index contributed by atoms with van der Waals surface area (Å²) in [6.45, 7) is 6.49. The van der Waals surface area contributed by atoms with Crippen LogP contribution in [0.1, 0.15) is 58.8 Å². The van der Waals surface area contributed by atoms with Crippen LogP contribution in [0, 0.1) is 6.92 Å². The average Bonchev–Trinajstić information content (AvgIpc) is 3.12. The van der Waals surface area contributed by atoms with Gasteiger partial charge < -0.3 is 4.74 Å². The van der Waals surface area contributed by atoms with Crippen molar-refractivity contribution in [3.8, 4) is 0 Å². The molecule has 0 N–H and O–H groups in total. The van der Waals surface area contributed by atoms with Crippen LogP contribution in [-0.2, 0) is 4.74 Å². The first-order valence-corrected chi connectivity index (χ1v) is 10.7. The minimum Gasteiger partial charge on any atom is -0.462 e. The minimum atomic E-state index is -0.399. The molecule has 0 aliphatic heterocycles. The summed E-state index contributed by atoms with van der Waals surface area (Å²) in [4.78, 5) is 36.7. The Balaban J connectivity index is 2.00. The number of anilines is 1. The molecule has 29 heavy (non-hydrogen) atoms. The normalized spacial score (nSPS) is 10.9.